The van der Waals surface area contributed by atoms with Gasteiger partial charge in [-0.3, -0.25) is 4.98 Å². The highest BCUT2D eigenvalue weighted by molar-refractivity contribution is 9.10. The summed E-state index contributed by atoms with van der Waals surface area (Å²) in [5, 5.41) is 15.7. The molecule has 1 aromatic heterocycles. The van der Waals surface area contributed by atoms with Crippen molar-refractivity contribution in [2.24, 2.45) is 0 Å². The molecule has 1 heterocycles. The van der Waals surface area contributed by atoms with E-state index in [1.165, 1.54) is 0 Å². The quantitative estimate of drug-likeness (QED) is 0.832. The van der Waals surface area contributed by atoms with Gasteiger partial charge < -0.3 is 10.2 Å². The van der Waals surface area contributed by atoms with Gasteiger partial charge in [0.2, 0.25) is 0 Å². The highest BCUT2D eigenvalue weighted by atomic mass is 79.9. The summed E-state index contributed by atoms with van der Waals surface area (Å²) in [5.41, 5.74) is 0.693. The molecule has 1 rings (SSSR count). The van der Waals surface area contributed by atoms with Crippen LogP contribution in [0.25, 0.3) is 0 Å². The maximum atomic E-state index is 10.6. The molecule has 1 aromatic rings. The molecule has 0 amide bonds. The normalized spacial score (nSPS) is 10.3. The lowest BCUT2D eigenvalue weighted by molar-refractivity contribution is -0.192. The van der Waals surface area contributed by atoms with E-state index in [4.69, 9.17) is 15.0 Å². The average Bonchev–Trinajstić information content (AvgIpc) is 2.18. The van der Waals surface area contributed by atoms with Crippen molar-refractivity contribution in [3.8, 4) is 0 Å². The third-order valence-corrected chi connectivity index (χ3v) is 1.66. The van der Waals surface area contributed by atoms with Gasteiger partial charge in [-0.2, -0.15) is 13.2 Å². The van der Waals surface area contributed by atoms with Crippen molar-refractivity contribution in [3.63, 3.8) is 0 Å². The van der Waals surface area contributed by atoms with E-state index in [0.717, 1.165) is 4.47 Å². The predicted octanol–water partition coefficient (Wildman–Crippen LogP) is 1.97. The number of halogens is 4. The standard InChI is InChI=1S/C6H6BrNO.C2HF3O2/c7-5-1-2-6(4-9)8-3-5;3-2(4,5)1(6)7/h1-3,9H,4H2;(H,6,7). The predicted molar refractivity (Wildman–Crippen MR) is 51.6 cm³/mol. The number of hydrogen-bond donors (Lipinski definition) is 2. The minimum atomic E-state index is -5.08. The summed E-state index contributed by atoms with van der Waals surface area (Å²) in [6.07, 6.45) is -3.43. The molecule has 0 fully saturated rings. The van der Waals surface area contributed by atoms with E-state index in [1.54, 1.807) is 12.3 Å². The van der Waals surface area contributed by atoms with E-state index in [1.807, 2.05) is 6.07 Å². The number of carboxylic acid groups (broad SMARTS) is 1. The number of nitrogens with zero attached hydrogens (tertiary/aromatic N) is 1. The maximum Gasteiger partial charge on any atom is 0.490 e. The lowest BCUT2D eigenvalue weighted by Crippen LogP contribution is -2.21. The Kier molecular flexibility index (Phi) is 5.97. The van der Waals surface area contributed by atoms with Crippen LogP contribution in [0.4, 0.5) is 13.2 Å². The minimum Gasteiger partial charge on any atom is -0.475 e. The van der Waals surface area contributed by atoms with E-state index in [0.29, 0.717) is 5.69 Å². The van der Waals surface area contributed by atoms with Crippen LogP contribution < -0.4 is 0 Å². The second-order valence-corrected chi connectivity index (χ2v) is 3.34. The van der Waals surface area contributed by atoms with E-state index in [-0.39, 0.29) is 6.61 Å². The lowest BCUT2D eigenvalue weighted by Gasteiger charge is -1.93. The monoisotopic (exact) mass is 301 g/mol. The highest BCUT2D eigenvalue weighted by Gasteiger charge is 2.38. The molecule has 90 valence electrons. The molecular weight excluding hydrogens is 295 g/mol. The highest BCUT2D eigenvalue weighted by Crippen LogP contribution is 2.13. The van der Waals surface area contributed by atoms with Crippen LogP contribution >= 0.6 is 15.9 Å². The van der Waals surface area contributed by atoms with Crippen molar-refractivity contribution in [1.82, 2.24) is 4.98 Å². The Balaban J connectivity index is 0.000000293. The molecule has 0 aliphatic rings. The summed E-state index contributed by atoms with van der Waals surface area (Å²) in [7, 11) is 0. The minimum absolute atomic E-state index is 0.00722. The van der Waals surface area contributed by atoms with Gasteiger partial charge in [0, 0.05) is 10.7 Å². The maximum absolute atomic E-state index is 10.6. The SMILES string of the molecule is O=C(O)C(F)(F)F.OCc1ccc(Br)cn1. The third-order valence-electron chi connectivity index (χ3n) is 1.19. The fourth-order valence-electron chi connectivity index (χ4n) is 0.500. The van der Waals surface area contributed by atoms with Gasteiger partial charge in [-0.25, -0.2) is 4.79 Å². The van der Waals surface area contributed by atoms with Crippen molar-refractivity contribution >= 4 is 21.9 Å². The molecule has 8 heteroatoms. The largest absolute Gasteiger partial charge is 0.490 e. The molecule has 0 spiro atoms. The van der Waals surface area contributed by atoms with Crippen LogP contribution in [0.5, 0.6) is 0 Å². The number of alkyl halides is 3. The van der Waals surface area contributed by atoms with E-state index < -0.39 is 12.1 Å². The number of aliphatic carboxylic acids is 1. The summed E-state index contributed by atoms with van der Waals surface area (Å²) in [6, 6.07) is 3.61. The Bertz CT molecular complexity index is 339. The van der Waals surface area contributed by atoms with Crippen LogP contribution in [0.1, 0.15) is 5.69 Å². The number of aromatic nitrogens is 1. The number of carbonyl (C=O) groups is 1. The molecular formula is C8H7BrF3NO3. The van der Waals surface area contributed by atoms with Crippen LogP contribution in [0.3, 0.4) is 0 Å². The van der Waals surface area contributed by atoms with Crippen LogP contribution in [-0.4, -0.2) is 27.3 Å². The molecule has 0 saturated carbocycles. The Labute approximate surface area is 96.9 Å². The molecule has 0 bridgehead atoms. The van der Waals surface area contributed by atoms with E-state index >= 15 is 0 Å². The molecule has 2 N–H and O–H groups in total. The third kappa shape index (κ3) is 6.36. The van der Waals surface area contributed by atoms with Crippen LogP contribution in [0, 0.1) is 0 Å². The molecule has 0 aromatic carbocycles. The van der Waals surface area contributed by atoms with Gasteiger partial charge >= 0.3 is 12.1 Å². The first-order chi connectivity index (χ1) is 7.27. The Morgan fingerprint density at radius 3 is 2.19 bits per heavy atom. The Morgan fingerprint density at radius 2 is 1.94 bits per heavy atom. The summed E-state index contributed by atoms with van der Waals surface area (Å²) >= 11 is 3.23. The number of carboxylic acids is 1. The smallest absolute Gasteiger partial charge is 0.475 e. The van der Waals surface area contributed by atoms with Crippen molar-refractivity contribution in [3.05, 3.63) is 28.5 Å². The molecule has 0 aliphatic heterocycles. The number of aliphatic hydroxyl groups is 1. The molecule has 4 nitrogen and oxygen atoms in total. The molecule has 0 unspecified atom stereocenters. The van der Waals surface area contributed by atoms with E-state index in [2.05, 4.69) is 20.9 Å². The molecule has 0 aliphatic carbocycles. The van der Waals surface area contributed by atoms with Crippen molar-refractivity contribution < 1.29 is 28.2 Å². The molecule has 0 atom stereocenters. The second kappa shape index (κ2) is 6.44. The van der Waals surface area contributed by atoms with Crippen molar-refractivity contribution in [2.45, 2.75) is 12.8 Å². The zero-order valence-electron chi connectivity index (χ0n) is 7.70. The van der Waals surface area contributed by atoms with Crippen molar-refractivity contribution in [2.75, 3.05) is 0 Å². The first-order valence-electron chi connectivity index (χ1n) is 3.78. The average molecular weight is 302 g/mol. The number of hydrogen-bond acceptors (Lipinski definition) is 3. The fourth-order valence-corrected chi connectivity index (χ4v) is 0.735. The Morgan fingerprint density at radius 1 is 1.44 bits per heavy atom. The van der Waals surface area contributed by atoms with Crippen LogP contribution in [-0.2, 0) is 11.4 Å². The number of pyridine rings is 1. The topological polar surface area (TPSA) is 70.4 Å². The van der Waals surface area contributed by atoms with E-state index in [9.17, 15) is 13.2 Å². The van der Waals surface area contributed by atoms with Gasteiger partial charge in [0.05, 0.1) is 12.3 Å². The molecule has 0 radical (unpaired) electrons. The summed E-state index contributed by atoms with van der Waals surface area (Å²) in [5.74, 6) is -2.76. The number of rotatable bonds is 1. The zero-order valence-corrected chi connectivity index (χ0v) is 9.29. The summed E-state index contributed by atoms with van der Waals surface area (Å²) < 4.78 is 32.7. The number of aliphatic hydroxyl groups excluding tert-OH is 1. The van der Waals surface area contributed by atoms with Crippen LogP contribution in [0.15, 0.2) is 22.8 Å². The van der Waals surface area contributed by atoms with Gasteiger partial charge in [0.15, 0.2) is 0 Å². The van der Waals surface area contributed by atoms with Gasteiger partial charge in [-0.1, -0.05) is 0 Å². The van der Waals surface area contributed by atoms with Crippen LogP contribution in [0.2, 0.25) is 0 Å². The first-order valence-corrected chi connectivity index (χ1v) is 4.58. The lowest BCUT2D eigenvalue weighted by atomic mass is 10.4. The summed E-state index contributed by atoms with van der Waals surface area (Å²) in [4.78, 5) is 12.8. The van der Waals surface area contributed by atoms with Crippen molar-refractivity contribution in [1.29, 1.82) is 0 Å². The zero-order chi connectivity index (χ0) is 12.8. The molecule has 16 heavy (non-hydrogen) atoms. The Hall–Kier alpha value is -1.15. The van der Waals surface area contributed by atoms with Gasteiger partial charge in [0.1, 0.15) is 0 Å². The molecule has 0 saturated heterocycles. The van der Waals surface area contributed by atoms with Gasteiger partial charge in [-0.15, -0.1) is 0 Å². The fraction of sp³-hybridized carbons (Fsp3) is 0.250. The van der Waals surface area contributed by atoms with Gasteiger partial charge in [-0.05, 0) is 28.1 Å². The van der Waals surface area contributed by atoms with Gasteiger partial charge in [0.25, 0.3) is 0 Å². The summed E-state index contributed by atoms with van der Waals surface area (Å²) in [6.45, 7) is 0.00722. The first kappa shape index (κ1) is 14.8. The second-order valence-electron chi connectivity index (χ2n) is 2.43.